The van der Waals surface area contributed by atoms with Crippen molar-refractivity contribution >= 4 is 0 Å². The highest BCUT2D eigenvalue weighted by molar-refractivity contribution is 4.68. The van der Waals surface area contributed by atoms with Crippen molar-refractivity contribution in [2.75, 3.05) is 34.7 Å². The van der Waals surface area contributed by atoms with Gasteiger partial charge in [0.25, 0.3) is 0 Å². The second-order valence-electron chi connectivity index (χ2n) is 2.63. The first-order chi connectivity index (χ1) is 4.54. The van der Waals surface area contributed by atoms with Crippen molar-refractivity contribution in [3.8, 4) is 12.5 Å². The highest BCUT2D eigenvalue weighted by Crippen LogP contribution is 1.88. The molecule has 2 nitrogen and oxygen atoms in total. The minimum Gasteiger partial charge on any atom is -0.323 e. The van der Waals surface area contributed by atoms with Crippen LogP contribution in [0.4, 0.5) is 0 Å². The Morgan fingerprint density at radius 1 is 1.40 bits per heavy atom. The molecule has 10 heavy (non-hydrogen) atoms. The van der Waals surface area contributed by atoms with Crippen molar-refractivity contribution in [2.45, 2.75) is 6.92 Å². The van der Waals surface area contributed by atoms with Crippen molar-refractivity contribution in [3.05, 3.63) is 0 Å². The quantitative estimate of drug-likeness (QED) is 0.416. The van der Waals surface area contributed by atoms with Crippen LogP contribution in [0.3, 0.4) is 0 Å². The van der Waals surface area contributed by atoms with Crippen LogP contribution in [0.1, 0.15) is 6.92 Å². The lowest BCUT2D eigenvalue weighted by molar-refractivity contribution is -0.820. The van der Waals surface area contributed by atoms with Gasteiger partial charge in [-0.15, -0.1) is 0 Å². The average molecular weight is 143 g/mol. The van der Waals surface area contributed by atoms with Crippen molar-refractivity contribution in [1.82, 2.24) is 5.32 Å². The van der Waals surface area contributed by atoms with Gasteiger partial charge in [-0.2, -0.15) is 0 Å². The number of rotatable bonds is 1. The summed E-state index contributed by atoms with van der Waals surface area (Å²) in [6.07, 6.45) is 5.14. The maximum absolute atomic E-state index is 5.14. The Hall–Kier alpha value is -0.520. The zero-order chi connectivity index (χ0) is 8.62. The summed E-state index contributed by atoms with van der Waals surface area (Å²) in [7, 11) is 7.75. The lowest BCUT2D eigenvalue weighted by Crippen LogP contribution is -2.32. The number of nitrogens with one attached hydrogen (secondary N) is 1. The minimum atomic E-state index is 0.667. The molecule has 0 unspecified atom stereocenters. The third-order valence-electron chi connectivity index (χ3n) is 1.14. The van der Waals surface area contributed by atoms with Crippen LogP contribution in [0.15, 0.2) is 0 Å². The molecule has 0 heterocycles. The number of quaternary nitrogens is 1. The maximum Gasteiger partial charge on any atom is 0.133 e. The normalized spacial score (nSPS) is 9.20. The van der Waals surface area contributed by atoms with Gasteiger partial charge in [-0.1, -0.05) is 6.42 Å². The van der Waals surface area contributed by atoms with Crippen LogP contribution in [0.25, 0.3) is 0 Å². The fraction of sp³-hybridized carbons (Fsp3) is 0.750. The van der Waals surface area contributed by atoms with E-state index >= 15 is 0 Å². The van der Waals surface area contributed by atoms with Crippen molar-refractivity contribution in [3.63, 3.8) is 0 Å². The van der Waals surface area contributed by atoms with Gasteiger partial charge < -0.3 is 5.32 Å². The summed E-state index contributed by atoms with van der Waals surface area (Å²) in [5, 5.41) is 2.75. The molecule has 0 aliphatic heterocycles. The summed E-state index contributed by atoms with van der Waals surface area (Å²) >= 11 is 0. The summed E-state index contributed by atoms with van der Waals surface area (Å²) in [6.45, 7) is 3.07. The Morgan fingerprint density at radius 3 is 1.70 bits per heavy atom. The largest absolute Gasteiger partial charge is 0.323 e. The number of nitrogens with zero attached hydrogens (tertiary/aromatic N) is 1. The molecule has 0 aliphatic carbocycles. The Morgan fingerprint density at radius 2 is 1.70 bits per heavy atom. The lowest BCUT2D eigenvalue weighted by atomic mass is 10.5. The van der Waals surface area contributed by atoms with Crippen LogP contribution < -0.4 is 5.32 Å². The number of hydrogen-bond acceptors (Lipinski definition) is 1. The van der Waals surface area contributed by atoms with E-state index in [0.717, 1.165) is 6.54 Å². The smallest absolute Gasteiger partial charge is 0.133 e. The molecule has 0 bridgehead atoms. The Balaban J connectivity index is 0. The summed E-state index contributed by atoms with van der Waals surface area (Å²) in [5.41, 5.74) is 0. The zero-order valence-electron chi connectivity index (χ0n) is 7.73. The molecule has 1 N–H and O–H groups in total. The molecule has 0 amide bonds. The molecule has 2 heteroatoms. The Kier molecular flexibility index (Phi) is 8.04. The van der Waals surface area contributed by atoms with Crippen LogP contribution in [0.2, 0.25) is 0 Å². The molecule has 0 saturated carbocycles. The molecule has 0 fully saturated rings. The summed E-state index contributed by atoms with van der Waals surface area (Å²) < 4.78 is 0.667. The van der Waals surface area contributed by atoms with Gasteiger partial charge >= 0.3 is 0 Å². The fourth-order valence-corrected chi connectivity index (χ4v) is 0.0913. The minimum absolute atomic E-state index is 0.667. The van der Waals surface area contributed by atoms with Gasteiger partial charge in [-0.25, -0.2) is 0 Å². The van der Waals surface area contributed by atoms with E-state index in [-0.39, 0.29) is 0 Å². The van der Waals surface area contributed by atoms with Gasteiger partial charge in [0.2, 0.25) is 0 Å². The van der Waals surface area contributed by atoms with E-state index in [9.17, 15) is 0 Å². The molecule has 0 aromatic rings. The van der Waals surface area contributed by atoms with Gasteiger partial charge in [0.15, 0.2) is 0 Å². The first-order valence-electron chi connectivity index (χ1n) is 3.43. The van der Waals surface area contributed by atoms with Crippen molar-refractivity contribution in [2.24, 2.45) is 0 Å². The second-order valence-corrected chi connectivity index (χ2v) is 2.63. The highest BCUT2D eigenvalue weighted by atomic mass is 15.3. The monoisotopic (exact) mass is 143 g/mol. The van der Waals surface area contributed by atoms with Gasteiger partial charge in [0.05, 0.1) is 20.6 Å². The van der Waals surface area contributed by atoms with Crippen LogP contribution in [-0.4, -0.2) is 39.2 Å². The second kappa shape index (κ2) is 6.60. The average Bonchev–Trinajstić information content (AvgIpc) is 1.90. The van der Waals surface area contributed by atoms with Crippen LogP contribution in [0.5, 0.6) is 0 Å². The first-order valence-corrected chi connectivity index (χ1v) is 3.43. The van der Waals surface area contributed by atoms with Gasteiger partial charge in [0.1, 0.15) is 6.04 Å². The lowest BCUT2D eigenvalue weighted by Gasteiger charge is -2.17. The first kappa shape index (κ1) is 12.2. The van der Waals surface area contributed by atoms with E-state index in [2.05, 4.69) is 18.3 Å². The van der Waals surface area contributed by atoms with Crippen LogP contribution in [-0.2, 0) is 0 Å². The Labute approximate surface area is 64.8 Å². The molecule has 0 radical (unpaired) electrons. The van der Waals surface area contributed by atoms with Crippen LogP contribution in [0, 0.1) is 12.5 Å². The molecule has 0 aliphatic rings. The molecule has 0 spiro atoms. The molecule has 0 saturated heterocycles. The van der Waals surface area contributed by atoms with Crippen molar-refractivity contribution < 1.29 is 4.48 Å². The predicted octanol–water partition coefficient (Wildman–Crippen LogP) is 0.509. The molecule has 0 aromatic carbocycles. The fourth-order valence-electron chi connectivity index (χ4n) is 0.0913. The SMILES string of the molecule is C#C[N+](C)(C)CC.CNC. The molecular formula is C8H19N2+. The summed E-state index contributed by atoms with van der Waals surface area (Å²) in [5.74, 6) is 0. The van der Waals surface area contributed by atoms with Crippen molar-refractivity contribution in [1.29, 1.82) is 0 Å². The van der Waals surface area contributed by atoms with Gasteiger partial charge in [-0.3, -0.25) is 4.48 Å². The molecule has 60 valence electrons. The topological polar surface area (TPSA) is 12.0 Å². The summed E-state index contributed by atoms with van der Waals surface area (Å²) in [4.78, 5) is 0. The Bertz CT molecular complexity index is 100. The standard InChI is InChI=1S/C6H12N.C2H7N/c1-5-7(3,4)6-2;1-3-2/h1H,6H2,2-4H3;3H,1-2H3/q+1;. The number of terminal acetylenes is 1. The van der Waals surface area contributed by atoms with Gasteiger partial charge in [0, 0.05) is 0 Å². The predicted molar refractivity (Wildman–Crippen MR) is 46.5 cm³/mol. The van der Waals surface area contributed by atoms with E-state index in [1.54, 1.807) is 0 Å². The van der Waals surface area contributed by atoms with E-state index in [0.29, 0.717) is 4.48 Å². The third kappa shape index (κ3) is 10.5. The van der Waals surface area contributed by atoms with E-state index in [1.807, 2.05) is 28.2 Å². The third-order valence-corrected chi connectivity index (χ3v) is 1.14. The van der Waals surface area contributed by atoms with E-state index in [1.165, 1.54) is 0 Å². The molecule has 0 rings (SSSR count). The zero-order valence-corrected chi connectivity index (χ0v) is 7.73. The van der Waals surface area contributed by atoms with E-state index < -0.39 is 0 Å². The molecule has 0 aromatic heterocycles. The number of hydrogen-bond donors (Lipinski definition) is 1. The highest BCUT2D eigenvalue weighted by Gasteiger charge is 2.04. The molecule has 0 atom stereocenters. The molecular weight excluding hydrogens is 124 g/mol. The maximum atomic E-state index is 5.14. The van der Waals surface area contributed by atoms with Crippen LogP contribution >= 0.6 is 0 Å². The summed E-state index contributed by atoms with van der Waals surface area (Å²) in [6, 6.07) is 2.63. The van der Waals surface area contributed by atoms with Gasteiger partial charge in [-0.05, 0) is 21.0 Å². The van der Waals surface area contributed by atoms with E-state index in [4.69, 9.17) is 6.42 Å².